The van der Waals surface area contributed by atoms with Crippen LogP contribution in [0.25, 0.3) is 10.4 Å². The van der Waals surface area contributed by atoms with Crippen LogP contribution >= 0.6 is 23.1 Å². The number of nitrogens with zero attached hydrogens (tertiary/aromatic N) is 4. The maximum absolute atomic E-state index is 13.1. The predicted octanol–water partition coefficient (Wildman–Crippen LogP) is 3.72. The van der Waals surface area contributed by atoms with E-state index >= 15 is 0 Å². The van der Waals surface area contributed by atoms with E-state index in [1.807, 2.05) is 57.5 Å². The highest BCUT2D eigenvalue weighted by molar-refractivity contribution is 7.13. The van der Waals surface area contributed by atoms with Crippen LogP contribution in [0.3, 0.4) is 0 Å². The van der Waals surface area contributed by atoms with Crippen molar-refractivity contribution in [1.29, 1.82) is 0 Å². The van der Waals surface area contributed by atoms with Crippen molar-refractivity contribution in [3.63, 3.8) is 0 Å². The Morgan fingerprint density at radius 1 is 1.34 bits per heavy atom. The maximum atomic E-state index is 13.1. The van der Waals surface area contributed by atoms with Crippen LogP contribution in [-0.4, -0.2) is 51.5 Å². The Hall–Kier alpha value is -2.36. The van der Waals surface area contributed by atoms with E-state index in [-0.39, 0.29) is 24.8 Å². The van der Waals surface area contributed by atoms with Gasteiger partial charge in [-0.05, 0) is 23.5 Å². The third-order valence-electron chi connectivity index (χ3n) is 5.51. The first kappa shape index (κ1) is 24.3. The van der Waals surface area contributed by atoms with Crippen molar-refractivity contribution in [2.75, 3.05) is 6.54 Å². The summed E-state index contributed by atoms with van der Waals surface area (Å²) in [5.74, 6) is -0.685. The number of amides is 2. The minimum absolute atomic E-state index is 0.0736. The third-order valence-corrected chi connectivity index (χ3v) is 6.57. The smallest absolute Gasteiger partial charge is 0.250 e. The molecule has 0 bridgehead atoms. The van der Waals surface area contributed by atoms with Crippen LogP contribution in [0.5, 0.6) is 0 Å². The van der Waals surface area contributed by atoms with Crippen molar-refractivity contribution < 1.29 is 14.7 Å². The molecule has 1 aliphatic rings. The maximum Gasteiger partial charge on any atom is 0.250 e. The molecular weight excluding hydrogens is 450 g/mol. The zero-order chi connectivity index (χ0) is 23.5. The van der Waals surface area contributed by atoms with E-state index in [4.69, 9.17) is 11.8 Å². The Morgan fingerprint density at radius 2 is 2.03 bits per heavy atom. The van der Waals surface area contributed by atoms with Crippen molar-refractivity contribution in [3.05, 3.63) is 41.0 Å². The van der Waals surface area contributed by atoms with Gasteiger partial charge >= 0.3 is 0 Å². The number of aliphatic hydroxyl groups excluding tert-OH is 1. The van der Waals surface area contributed by atoms with Crippen molar-refractivity contribution in [3.8, 4) is 10.4 Å². The first-order valence-corrected chi connectivity index (χ1v) is 11.6. The molecule has 0 spiro atoms. The monoisotopic (exact) mass is 477 g/mol. The fraction of sp³-hybridized carbons (Fsp3) is 0.500. The number of halogens is 1. The summed E-state index contributed by atoms with van der Waals surface area (Å²) < 4.78 is 3.27. The molecule has 2 N–H and O–H groups in total. The number of aliphatic hydroxyl groups is 1. The topological polar surface area (TPSA) is 107 Å². The van der Waals surface area contributed by atoms with Gasteiger partial charge in [-0.15, -0.1) is 11.3 Å². The van der Waals surface area contributed by atoms with Gasteiger partial charge in [-0.3, -0.25) is 9.59 Å². The van der Waals surface area contributed by atoms with Crippen molar-refractivity contribution in [2.24, 2.45) is 15.2 Å². The summed E-state index contributed by atoms with van der Waals surface area (Å²) in [6.45, 7) is 7.91. The fourth-order valence-electron chi connectivity index (χ4n) is 3.76. The molecule has 2 heterocycles. The van der Waals surface area contributed by atoms with Gasteiger partial charge < -0.3 is 15.3 Å². The molecule has 172 valence electrons. The van der Waals surface area contributed by atoms with Gasteiger partial charge in [0, 0.05) is 19.5 Å². The summed E-state index contributed by atoms with van der Waals surface area (Å²) in [5, 5.41) is 16.9. The van der Waals surface area contributed by atoms with Gasteiger partial charge in [-0.2, -0.15) is 5.11 Å². The van der Waals surface area contributed by atoms with E-state index in [0.717, 1.165) is 21.7 Å². The molecule has 1 aromatic carbocycles. The highest BCUT2D eigenvalue weighted by Crippen LogP contribution is 2.29. The standard InChI is InChI=1S/C22H28ClN5O3S/c1-13-18(32-12-25-13)15-7-5-14(6-8-15)10-24-20(30)17-9-16(29)11-28(17)21(31)19(26-27-23)22(2,3)4/h5-8,12,16-17,19,29H,9-11H2,1-4H3,(H,24,30)/b27-26+/t16-,17+,19-/m1/s1. The van der Waals surface area contributed by atoms with Gasteiger partial charge in [-0.25, -0.2) is 4.98 Å². The molecule has 1 aliphatic heterocycles. The Morgan fingerprint density at radius 3 is 2.59 bits per heavy atom. The lowest BCUT2D eigenvalue weighted by Crippen LogP contribution is -2.51. The number of aryl methyl sites for hydroxylation is 1. The number of rotatable bonds is 6. The summed E-state index contributed by atoms with van der Waals surface area (Å²) in [5.41, 5.74) is 4.28. The molecule has 1 aromatic heterocycles. The van der Waals surface area contributed by atoms with Crippen molar-refractivity contribution >= 4 is 34.9 Å². The van der Waals surface area contributed by atoms with Gasteiger partial charge in [0.25, 0.3) is 5.91 Å². The average Bonchev–Trinajstić information content (AvgIpc) is 3.35. The molecule has 0 unspecified atom stereocenters. The second-order valence-electron chi connectivity index (χ2n) is 9.04. The molecule has 3 rings (SSSR count). The number of hydrogen-bond donors (Lipinski definition) is 2. The van der Waals surface area contributed by atoms with Gasteiger partial charge in [0.05, 0.1) is 34.0 Å². The fourth-order valence-corrected chi connectivity index (χ4v) is 4.66. The zero-order valence-corrected chi connectivity index (χ0v) is 20.2. The molecule has 0 aliphatic carbocycles. The van der Waals surface area contributed by atoms with Crippen LogP contribution in [0.4, 0.5) is 0 Å². The van der Waals surface area contributed by atoms with E-state index in [0.29, 0.717) is 6.54 Å². The Bertz CT molecular complexity index is 986. The molecule has 1 fully saturated rings. The van der Waals surface area contributed by atoms with Gasteiger partial charge in [0.2, 0.25) is 5.91 Å². The first-order chi connectivity index (χ1) is 15.1. The number of aromatic nitrogens is 1. The summed E-state index contributed by atoms with van der Waals surface area (Å²) in [7, 11) is 0. The molecule has 2 amide bonds. The Kier molecular flexibility index (Phi) is 7.63. The Labute approximate surface area is 196 Å². The molecule has 32 heavy (non-hydrogen) atoms. The lowest BCUT2D eigenvalue weighted by atomic mass is 9.86. The predicted molar refractivity (Wildman–Crippen MR) is 124 cm³/mol. The van der Waals surface area contributed by atoms with Crippen LogP contribution in [0.15, 0.2) is 39.5 Å². The summed E-state index contributed by atoms with van der Waals surface area (Å²) >= 11 is 7.00. The second-order valence-corrected chi connectivity index (χ2v) is 10.0. The third kappa shape index (κ3) is 5.51. The van der Waals surface area contributed by atoms with Crippen LogP contribution in [0, 0.1) is 12.3 Å². The van der Waals surface area contributed by atoms with Crippen LogP contribution in [-0.2, 0) is 16.1 Å². The van der Waals surface area contributed by atoms with Gasteiger partial charge in [0.1, 0.15) is 6.04 Å². The average molecular weight is 478 g/mol. The zero-order valence-electron chi connectivity index (χ0n) is 18.6. The molecule has 3 atom stereocenters. The van der Waals surface area contributed by atoms with E-state index < -0.39 is 23.6 Å². The molecule has 1 saturated heterocycles. The van der Waals surface area contributed by atoms with Crippen LogP contribution in [0.2, 0.25) is 0 Å². The molecule has 8 nitrogen and oxygen atoms in total. The lowest BCUT2D eigenvalue weighted by Gasteiger charge is -2.31. The lowest BCUT2D eigenvalue weighted by molar-refractivity contribution is -0.141. The van der Waals surface area contributed by atoms with E-state index in [1.54, 1.807) is 11.3 Å². The van der Waals surface area contributed by atoms with Crippen molar-refractivity contribution in [2.45, 2.75) is 58.8 Å². The first-order valence-electron chi connectivity index (χ1n) is 10.4. The Balaban J connectivity index is 1.67. The number of carbonyl (C=O) groups excluding carboxylic acids is 2. The minimum atomic E-state index is -0.844. The number of likely N-dealkylation sites (tertiary alicyclic amines) is 1. The van der Waals surface area contributed by atoms with E-state index in [1.165, 1.54) is 4.90 Å². The molecule has 10 heteroatoms. The number of thiazole rings is 1. The SMILES string of the molecule is Cc1ncsc1-c1ccc(CNC(=O)[C@@H]2C[C@@H](O)CN2C(=O)[C@@H](/N=N/Cl)C(C)(C)C)cc1. The minimum Gasteiger partial charge on any atom is -0.391 e. The quantitative estimate of drug-likeness (QED) is 0.618. The number of β-amino-alcohol motifs (C(OH)–C–C–N with tert-alkyl or cyclic N) is 1. The van der Waals surface area contributed by atoms with Crippen LogP contribution < -0.4 is 5.32 Å². The molecular formula is C22H28ClN5O3S. The molecule has 0 radical (unpaired) electrons. The van der Waals surface area contributed by atoms with Gasteiger partial charge in [-0.1, -0.05) is 49.7 Å². The van der Waals surface area contributed by atoms with Crippen molar-refractivity contribution in [1.82, 2.24) is 15.2 Å². The molecule has 0 saturated carbocycles. The highest BCUT2D eigenvalue weighted by atomic mass is 35.5. The number of carbonyl (C=O) groups is 2. The van der Waals surface area contributed by atoms with E-state index in [9.17, 15) is 14.7 Å². The number of hydrogen-bond acceptors (Lipinski definition) is 7. The number of benzene rings is 1. The largest absolute Gasteiger partial charge is 0.391 e. The van der Waals surface area contributed by atoms with Gasteiger partial charge in [0.15, 0.2) is 6.04 Å². The normalized spacial score (nSPS) is 20.0. The van der Waals surface area contributed by atoms with Crippen LogP contribution in [0.1, 0.15) is 38.4 Å². The highest BCUT2D eigenvalue weighted by Gasteiger charge is 2.44. The molecule has 2 aromatic rings. The summed E-state index contributed by atoms with van der Waals surface area (Å²) in [6, 6.07) is 6.30. The number of nitrogens with one attached hydrogen (secondary N) is 1. The second kappa shape index (κ2) is 10.1. The summed E-state index contributed by atoms with van der Waals surface area (Å²) in [6.07, 6.45) is -0.596. The van der Waals surface area contributed by atoms with E-state index in [2.05, 4.69) is 20.0 Å². The summed E-state index contributed by atoms with van der Waals surface area (Å²) in [4.78, 5) is 32.8.